The Kier molecular flexibility index (Phi) is 8.61. The minimum atomic E-state index is -1.03. The minimum absolute atomic E-state index is 0.160. The van der Waals surface area contributed by atoms with E-state index in [1.807, 2.05) is 6.92 Å². The maximum absolute atomic E-state index is 12.7. The maximum Gasteiger partial charge on any atom is 0.329 e. The molecule has 0 radical (unpaired) electrons. The summed E-state index contributed by atoms with van der Waals surface area (Å²) in [5, 5.41) is 9.47. The van der Waals surface area contributed by atoms with E-state index in [2.05, 4.69) is 21.2 Å². The zero-order chi connectivity index (χ0) is 24.5. The van der Waals surface area contributed by atoms with Crippen molar-refractivity contribution in [2.45, 2.75) is 6.92 Å². The van der Waals surface area contributed by atoms with E-state index in [9.17, 15) is 14.4 Å². The van der Waals surface area contributed by atoms with Gasteiger partial charge in [0.05, 0.1) is 34.1 Å². The first-order valence-electron chi connectivity index (χ1n) is 10.1. The molecule has 0 heterocycles. The first kappa shape index (κ1) is 24.8. The van der Waals surface area contributed by atoms with Crippen LogP contribution in [0.5, 0.6) is 5.75 Å². The molecular weight excluding hydrogens is 479 g/mol. The Balaban J connectivity index is 1.63. The second kappa shape index (κ2) is 11.8. The number of hydrazone groups is 1. The molecule has 0 aliphatic rings. The van der Waals surface area contributed by atoms with Gasteiger partial charge < -0.3 is 15.4 Å². The number of hydrogen-bond acceptors (Lipinski definition) is 5. The van der Waals surface area contributed by atoms with Gasteiger partial charge in [-0.1, -0.05) is 47.5 Å². The van der Waals surface area contributed by atoms with Crippen LogP contribution >= 0.6 is 23.2 Å². The highest BCUT2D eigenvalue weighted by atomic mass is 35.5. The molecule has 3 rings (SSSR count). The van der Waals surface area contributed by atoms with Crippen molar-refractivity contribution in [3.05, 3.63) is 87.9 Å². The standard InChI is InChI=1S/C24H20Cl2N4O4/c1-2-34-17-12-10-16(11-13-17)28-22(31)18-7-3-4-9-20(18)29-23(32)24(33)30-27-14-15-6-5-8-19(25)21(15)26/h3-14H,2H2,1H3,(H,28,31)(H,29,32)(H,30,33)/b27-14+. The lowest BCUT2D eigenvalue weighted by atomic mass is 10.1. The average Bonchev–Trinajstić information content (AvgIpc) is 2.83. The number of rotatable bonds is 7. The quantitative estimate of drug-likeness (QED) is 0.248. The first-order valence-corrected chi connectivity index (χ1v) is 10.9. The second-order valence-electron chi connectivity index (χ2n) is 6.75. The largest absolute Gasteiger partial charge is 0.494 e. The van der Waals surface area contributed by atoms with Gasteiger partial charge in [-0.2, -0.15) is 5.10 Å². The lowest BCUT2D eigenvalue weighted by Gasteiger charge is -2.11. The van der Waals surface area contributed by atoms with E-state index in [1.165, 1.54) is 18.3 Å². The Hall–Kier alpha value is -3.88. The number of carbonyl (C=O) groups is 3. The third-order valence-corrected chi connectivity index (χ3v) is 5.23. The summed E-state index contributed by atoms with van der Waals surface area (Å²) in [5.74, 6) is -1.82. The molecule has 34 heavy (non-hydrogen) atoms. The zero-order valence-electron chi connectivity index (χ0n) is 18.0. The molecule has 0 saturated heterocycles. The highest BCUT2D eigenvalue weighted by Gasteiger charge is 2.18. The van der Waals surface area contributed by atoms with E-state index in [0.717, 1.165) is 0 Å². The molecule has 10 heteroatoms. The number of para-hydroxylation sites is 1. The number of ether oxygens (including phenoxy) is 1. The van der Waals surface area contributed by atoms with E-state index >= 15 is 0 Å². The minimum Gasteiger partial charge on any atom is -0.494 e. The molecule has 3 aromatic carbocycles. The summed E-state index contributed by atoms with van der Waals surface area (Å²) in [4.78, 5) is 37.2. The molecule has 3 amide bonds. The fourth-order valence-electron chi connectivity index (χ4n) is 2.80. The molecular formula is C24H20Cl2N4O4. The van der Waals surface area contributed by atoms with Crippen molar-refractivity contribution in [2.24, 2.45) is 5.10 Å². The molecule has 0 fully saturated rings. The second-order valence-corrected chi connectivity index (χ2v) is 7.54. The van der Waals surface area contributed by atoms with Crippen LogP contribution in [-0.2, 0) is 9.59 Å². The van der Waals surface area contributed by atoms with Crippen LogP contribution < -0.4 is 20.8 Å². The third-order valence-electron chi connectivity index (χ3n) is 4.40. The van der Waals surface area contributed by atoms with Crippen LogP contribution in [0, 0.1) is 0 Å². The predicted molar refractivity (Wildman–Crippen MR) is 133 cm³/mol. The normalized spacial score (nSPS) is 10.6. The molecule has 0 atom stereocenters. The Morgan fingerprint density at radius 2 is 1.65 bits per heavy atom. The van der Waals surface area contributed by atoms with E-state index in [4.69, 9.17) is 27.9 Å². The van der Waals surface area contributed by atoms with Gasteiger partial charge in [0.1, 0.15) is 5.75 Å². The Morgan fingerprint density at radius 3 is 2.38 bits per heavy atom. The summed E-state index contributed by atoms with van der Waals surface area (Å²) in [7, 11) is 0. The summed E-state index contributed by atoms with van der Waals surface area (Å²) >= 11 is 12.0. The molecule has 3 N–H and O–H groups in total. The van der Waals surface area contributed by atoms with Gasteiger partial charge in [0.25, 0.3) is 5.91 Å². The van der Waals surface area contributed by atoms with Crippen molar-refractivity contribution < 1.29 is 19.1 Å². The highest BCUT2D eigenvalue weighted by Crippen LogP contribution is 2.24. The van der Waals surface area contributed by atoms with Crippen molar-refractivity contribution in [1.29, 1.82) is 0 Å². The van der Waals surface area contributed by atoms with Crippen molar-refractivity contribution >= 4 is 58.5 Å². The average molecular weight is 499 g/mol. The monoisotopic (exact) mass is 498 g/mol. The van der Waals surface area contributed by atoms with Crippen molar-refractivity contribution in [2.75, 3.05) is 17.2 Å². The van der Waals surface area contributed by atoms with E-state index in [0.29, 0.717) is 28.6 Å². The molecule has 174 valence electrons. The van der Waals surface area contributed by atoms with Gasteiger partial charge >= 0.3 is 11.8 Å². The number of hydrogen-bond donors (Lipinski definition) is 3. The number of carbonyl (C=O) groups excluding carboxylic acids is 3. The molecule has 0 unspecified atom stereocenters. The third kappa shape index (κ3) is 6.57. The molecule has 8 nitrogen and oxygen atoms in total. The Labute approximate surface area is 205 Å². The van der Waals surface area contributed by atoms with Crippen LogP contribution in [0.15, 0.2) is 71.8 Å². The summed E-state index contributed by atoms with van der Waals surface area (Å²) in [6.45, 7) is 2.41. The molecule has 0 bridgehead atoms. The summed E-state index contributed by atoms with van der Waals surface area (Å²) in [6, 6.07) is 18.1. The van der Waals surface area contributed by atoms with E-state index < -0.39 is 17.7 Å². The molecule has 0 saturated carbocycles. The number of amides is 3. The van der Waals surface area contributed by atoms with Gasteiger partial charge in [0.2, 0.25) is 0 Å². The maximum atomic E-state index is 12.7. The predicted octanol–water partition coefficient (Wildman–Crippen LogP) is 4.73. The van der Waals surface area contributed by atoms with Crippen LogP contribution in [0.4, 0.5) is 11.4 Å². The number of nitrogens with one attached hydrogen (secondary N) is 3. The van der Waals surface area contributed by atoms with E-state index in [1.54, 1.807) is 54.6 Å². The van der Waals surface area contributed by atoms with Crippen LogP contribution in [0.2, 0.25) is 10.0 Å². The zero-order valence-corrected chi connectivity index (χ0v) is 19.5. The summed E-state index contributed by atoms with van der Waals surface area (Å²) in [5.41, 5.74) is 3.45. The summed E-state index contributed by atoms with van der Waals surface area (Å²) < 4.78 is 5.38. The number of anilines is 2. The number of nitrogens with zero attached hydrogens (tertiary/aromatic N) is 1. The number of benzene rings is 3. The van der Waals surface area contributed by atoms with Crippen molar-refractivity contribution in [3.63, 3.8) is 0 Å². The molecule has 0 aliphatic carbocycles. The molecule has 0 aliphatic heterocycles. The number of halogens is 2. The Morgan fingerprint density at radius 1 is 0.912 bits per heavy atom. The van der Waals surface area contributed by atoms with Gasteiger partial charge in [0.15, 0.2) is 0 Å². The first-order chi connectivity index (χ1) is 16.4. The lowest BCUT2D eigenvalue weighted by molar-refractivity contribution is -0.136. The Bertz CT molecular complexity index is 1230. The van der Waals surface area contributed by atoms with E-state index in [-0.39, 0.29) is 16.3 Å². The molecule has 3 aromatic rings. The van der Waals surface area contributed by atoms with Gasteiger partial charge in [-0.25, -0.2) is 5.43 Å². The van der Waals surface area contributed by atoms with Crippen LogP contribution in [0.25, 0.3) is 0 Å². The van der Waals surface area contributed by atoms with Crippen molar-refractivity contribution in [1.82, 2.24) is 5.43 Å². The van der Waals surface area contributed by atoms with Gasteiger partial charge in [-0.15, -0.1) is 0 Å². The van der Waals surface area contributed by atoms with Crippen LogP contribution in [-0.4, -0.2) is 30.5 Å². The fourth-order valence-corrected chi connectivity index (χ4v) is 3.16. The SMILES string of the molecule is CCOc1ccc(NC(=O)c2ccccc2NC(=O)C(=O)N/N=C/c2cccc(Cl)c2Cl)cc1. The van der Waals surface area contributed by atoms with Gasteiger partial charge in [-0.3, -0.25) is 14.4 Å². The van der Waals surface area contributed by atoms with Crippen molar-refractivity contribution in [3.8, 4) is 5.75 Å². The smallest absolute Gasteiger partial charge is 0.329 e. The topological polar surface area (TPSA) is 109 Å². The van der Waals surface area contributed by atoms with Gasteiger partial charge in [0, 0.05) is 11.3 Å². The highest BCUT2D eigenvalue weighted by molar-refractivity contribution is 6.43. The van der Waals surface area contributed by atoms with Gasteiger partial charge in [-0.05, 0) is 49.4 Å². The fraction of sp³-hybridized carbons (Fsp3) is 0.0833. The summed E-state index contributed by atoms with van der Waals surface area (Å²) in [6.07, 6.45) is 1.26. The van der Waals surface area contributed by atoms with Crippen LogP contribution in [0.1, 0.15) is 22.8 Å². The lowest BCUT2D eigenvalue weighted by Crippen LogP contribution is -2.33. The van der Waals surface area contributed by atoms with Crippen LogP contribution in [0.3, 0.4) is 0 Å². The molecule has 0 aromatic heterocycles. The molecule has 0 spiro atoms.